The van der Waals surface area contributed by atoms with Gasteiger partial charge in [-0.2, -0.15) is 0 Å². The largest absolute Gasteiger partial charge is 0.389 e. The molecule has 19 heavy (non-hydrogen) atoms. The molecule has 0 aliphatic carbocycles. The number of rotatable bonds is 5. The van der Waals surface area contributed by atoms with Crippen molar-refractivity contribution in [1.29, 1.82) is 0 Å². The zero-order chi connectivity index (χ0) is 14.4. The van der Waals surface area contributed by atoms with E-state index in [-0.39, 0.29) is 29.4 Å². The lowest BCUT2D eigenvalue weighted by molar-refractivity contribution is -0.120. The molecule has 1 aromatic rings. The van der Waals surface area contributed by atoms with E-state index in [2.05, 4.69) is 10.6 Å². The SMILES string of the molecule is CC(C)NC(=O)CNC(=O)c1ccc(C(N)=S)cc1. The molecule has 0 spiro atoms. The van der Waals surface area contributed by atoms with E-state index >= 15 is 0 Å². The molecule has 6 heteroatoms. The monoisotopic (exact) mass is 279 g/mol. The lowest BCUT2D eigenvalue weighted by Gasteiger charge is -2.09. The van der Waals surface area contributed by atoms with Gasteiger partial charge in [0.2, 0.25) is 5.91 Å². The normalized spacial score (nSPS) is 10.1. The fourth-order valence-electron chi connectivity index (χ4n) is 1.42. The first-order valence-corrected chi connectivity index (χ1v) is 6.28. The number of carbonyl (C=O) groups excluding carboxylic acids is 2. The third-order valence-electron chi connectivity index (χ3n) is 2.29. The summed E-state index contributed by atoms with van der Waals surface area (Å²) in [6.07, 6.45) is 0. The molecule has 0 unspecified atom stereocenters. The van der Waals surface area contributed by atoms with Crippen molar-refractivity contribution in [3.8, 4) is 0 Å². The molecule has 5 nitrogen and oxygen atoms in total. The van der Waals surface area contributed by atoms with Crippen LogP contribution in [0.1, 0.15) is 29.8 Å². The summed E-state index contributed by atoms with van der Waals surface area (Å²) >= 11 is 4.82. The summed E-state index contributed by atoms with van der Waals surface area (Å²) in [5.41, 5.74) is 6.62. The maximum absolute atomic E-state index is 11.8. The second kappa shape index (κ2) is 6.84. The maximum Gasteiger partial charge on any atom is 0.251 e. The summed E-state index contributed by atoms with van der Waals surface area (Å²) in [5.74, 6) is -0.531. The first-order valence-electron chi connectivity index (χ1n) is 5.87. The van der Waals surface area contributed by atoms with Gasteiger partial charge in [0, 0.05) is 17.2 Å². The number of thiocarbonyl (C=S) groups is 1. The molecular weight excluding hydrogens is 262 g/mol. The van der Waals surface area contributed by atoms with Gasteiger partial charge in [0.15, 0.2) is 0 Å². The number of hydrogen-bond acceptors (Lipinski definition) is 3. The van der Waals surface area contributed by atoms with Crippen LogP contribution >= 0.6 is 12.2 Å². The second-order valence-corrected chi connectivity index (χ2v) is 4.79. The molecule has 2 amide bonds. The lowest BCUT2D eigenvalue weighted by Crippen LogP contribution is -2.39. The third kappa shape index (κ3) is 5.05. The fraction of sp³-hybridized carbons (Fsp3) is 0.308. The van der Waals surface area contributed by atoms with Crippen LogP contribution in [0.25, 0.3) is 0 Å². The number of hydrogen-bond donors (Lipinski definition) is 3. The van der Waals surface area contributed by atoms with E-state index in [1.807, 2.05) is 13.8 Å². The molecule has 1 rings (SSSR count). The molecule has 0 aromatic heterocycles. The van der Waals surface area contributed by atoms with Crippen molar-refractivity contribution in [2.45, 2.75) is 19.9 Å². The van der Waals surface area contributed by atoms with E-state index in [1.54, 1.807) is 24.3 Å². The molecular formula is C13H17N3O2S. The smallest absolute Gasteiger partial charge is 0.251 e. The number of nitrogens with one attached hydrogen (secondary N) is 2. The van der Waals surface area contributed by atoms with Gasteiger partial charge in [-0.05, 0) is 26.0 Å². The van der Waals surface area contributed by atoms with Crippen molar-refractivity contribution in [2.75, 3.05) is 6.54 Å². The molecule has 102 valence electrons. The van der Waals surface area contributed by atoms with Gasteiger partial charge in [-0.3, -0.25) is 9.59 Å². The van der Waals surface area contributed by atoms with E-state index in [1.165, 1.54) is 0 Å². The van der Waals surface area contributed by atoms with Crippen molar-refractivity contribution in [1.82, 2.24) is 10.6 Å². The Morgan fingerprint density at radius 1 is 1.21 bits per heavy atom. The third-order valence-corrected chi connectivity index (χ3v) is 2.53. The number of carbonyl (C=O) groups is 2. The minimum Gasteiger partial charge on any atom is -0.389 e. The van der Waals surface area contributed by atoms with Crippen LogP contribution < -0.4 is 16.4 Å². The Balaban J connectivity index is 2.54. The highest BCUT2D eigenvalue weighted by Crippen LogP contribution is 2.04. The van der Waals surface area contributed by atoms with Crippen LogP contribution in [0, 0.1) is 0 Å². The molecule has 0 saturated carbocycles. The molecule has 0 aliphatic rings. The van der Waals surface area contributed by atoms with Gasteiger partial charge in [-0.1, -0.05) is 24.4 Å². The van der Waals surface area contributed by atoms with Crippen LogP contribution in [-0.2, 0) is 4.79 Å². The van der Waals surface area contributed by atoms with E-state index in [0.29, 0.717) is 11.1 Å². The van der Waals surface area contributed by atoms with Gasteiger partial charge in [0.25, 0.3) is 5.91 Å². The highest BCUT2D eigenvalue weighted by molar-refractivity contribution is 7.80. The van der Waals surface area contributed by atoms with Crippen molar-refractivity contribution < 1.29 is 9.59 Å². The van der Waals surface area contributed by atoms with E-state index in [9.17, 15) is 9.59 Å². The Morgan fingerprint density at radius 2 is 1.74 bits per heavy atom. The zero-order valence-electron chi connectivity index (χ0n) is 10.9. The van der Waals surface area contributed by atoms with Crippen LogP contribution in [0.5, 0.6) is 0 Å². The predicted octanol–water partition coefficient (Wildman–Crippen LogP) is 0.575. The molecule has 0 aliphatic heterocycles. The maximum atomic E-state index is 11.8. The summed E-state index contributed by atoms with van der Waals surface area (Å²) in [6.45, 7) is 3.66. The quantitative estimate of drug-likeness (QED) is 0.688. The molecule has 4 N–H and O–H groups in total. The van der Waals surface area contributed by atoms with E-state index < -0.39 is 0 Å². The molecule has 0 fully saturated rings. The van der Waals surface area contributed by atoms with Crippen LogP contribution in [0.15, 0.2) is 24.3 Å². The average Bonchev–Trinajstić information content (AvgIpc) is 2.35. The summed E-state index contributed by atoms with van der Waals surface area (Å²) in [5, 5.41) is 5.22. The van der Waals surface area contributed by atoms with E-state index in [4.69, 9.17) is 18.0 Å². The Hall–Kier alpha value is -1.95. The standard InChI is InChI=1S/C13H17N3O2S/c1-8(2)16-11(17)7-15-13(18)10-5-3-9(4-6-10)12(14)19/h3-6,8H,7H2,1-2H3,(H2,14,19)(H,15,18)(H,16,17). The van der Waals surface area contributed by atoms with Gasteiger partial charge in [0.05, 0.1) is 6.54 Å². The first kappa shape index (κ1) is 15.1. The van der Waals surface area contributed by atoms with Gasteiger partial charge < -0.3 is 16.4 Å². The molecule has 0 radical (unpaired) electrons. The number of benzene rings is 1. The second-order valence-electron chi connectivity index (χ2n) is 4.35. The van der Waals surface area contributed by atoms with Gasteiger partial charge in [-0.15, -0.1) is 0 Å². The first-order chi connectivity index (χ1) is 8.90. The zero-order valence-corrected chi connectivity index (χ0v) is 11.7. The van der Waals surface area contributed by atoms with Gasteiger partial charge in [-0.25, -0.2) is 0 Å². The minimum absolute atomic E-state index is 0.0476. The number of nitrogens with two attached hydrogens (primary N) is 1. The van der Waals surface area contributed by atoms with Gasteiger partial charge >= 0.3 is 0 Å². The highest BCUT2D eigenvalue weighted by Gasteiger charge is 2.08. The van der Waals surface area contributed by atoms with Gasteiger partial charge in [0.1, 0.15) is 4.99 Å². The van der Waals surface area contributed by atoms with Crippen molar-refractivity contribution in [3.63, 3.8) is 0 Å². The van der Waals surface area contributed by atoms with Crippen LogP contribution in [0.3, 0.4) is 0 Å². The lowest BCUT2D eigenvalue weighted by atomic mass is 10.1. The minimum atomic E-state index is -0.312. The highest BCUT2D eigenvalue weighted by atomic mass is 32.1. The summed E-state index contributed by atoms with van der Waals surface area (Å²) in [6, 6.07) is 6.62. The van der Waals surface area contributed by atoms with Crippen LogP contribution in [-0.4, -0.2) is 29.4 Å². The van der Waals surface area contributed by atoms with Crippen molar-refractivity contribution in [3.05, 3.63) is 35.4 Å². The predicted molar refractivity (Wildman–Crippen MR) is 77.9 cm³/mol. The van der Waals surface area contributed by atoms with E-state index in [0.717, 1.165) is 0 Å². The fourth-order valence-corrected chi connectivity index (χ4v) is 1.56. The van der Waals surface area contributed by atoms with Crippen molar-refractivity contribution >= 4 is 29.0 Å². The molecule has 0 atom stereocenters. The topological polar surface area (TPSA) is 84.2 Å². The molecule has 0 heterocycles. The summed E-state index contributed by atoms with van der Waals surface area (Å²) in [4.78, 5) is 23.4. The van der Waals surface area contributed by atoms with Crippen molar-refractivity contribution in [2.24, 2.45) is 5.73 Å². The Morgan fingerprint density at radius 3 is 2.21 bits per heavy atom. The Kier molecular flexibility index (Phi) is 5.44. The van der Waals surface area contributed by atoms with Crippen LogP contribution in [0.2, 0.25) is 0 Å². The average molecular weight is 279 g/mol. The molecule has 0 saturated heterocycles. The Bertz CT molecular complexity index is 483. The molecule has 0 bridgehead atoms. The Labute approximate surface area is 117 Å². The van der Waals surface area contributed by atoms with Crippen LogP contribution in [0.4, 0.5) is 0 Å². The summed E-state index contributed by atoms with van der Waals surface area (Å²) in [7, 11) is 0. The number of amides is 2. The molecule has 1 aromatic carbocycles. The summed E-state index contributed by atoms with van der Waals surface area (Å²) < 4.78 is 0.